The summed E-state index contributed by atoms with van der Waals surface area (Å²) in [5.41, 5.74) is 4.32. The lowest BCUT2D eigenvalue weighted by molar-refractivity contribution is -0.327. The molecule has 4 aromatic rings. The van der Waals surface area contributed by atoms with Gasteiger partial charge < -0.3 is 28.4 Å². The van der Waals surface area contributed by atoms with E-state index in [1.807, 2.05) is 72.8 Å². The molecular weight excluding hydrogens is 593 g/mol. The summed E-state index contributed by atoms with van der Waals surface area (Å²) in [6.45, 7) is 9.62. The molecule has 0 saturated carbocycles. The molecule has 1 aliphatic heterocycles. The fraction of sp³-hybridized carbons (Fsp3) is 0.385. The van der Waals surface area contributed by atoms with Crippen LogP contribution in [-0.2, 0) is 54.8 Å². The van der Waals surface area contributed by atoms with E-state index in [0.717, 1.165) is 28.3 Å². The van der Waals surface area contributed by atoms with Crippen molar-refractivity contribution in [2.24, 2.45) is 0 Å². The van der Waals surface area contributed by atoms with Crippen LogP contribution in [0.25, 0.3) is 0 Å². The van der Waals surface area contributed by atoms with Crippen LogP contribution in [0, 0.1) is 0 Å². The Hall–Kier alpha value is -3.14. The molecular formula is C39H48O6Si. The van der Waals surface area contributed by atoms with Crippen LogP contribution in [0.15, 0.2) is 121 Å². The predicted octanol–water partition coefficient (Wildman–Crippen LogP) is 8.04. The number of rotatable bonds is 17. The molecule has 7 heteroatoms. The van der Waals surface area contributed by atoms with E-state index in [9.17, 15) is 0 Å². The van der Waals surface area contributed by atoms with E-state index < -0.39 is 38.8 Å². The van der Waals surface area contributed by atoms with Gasteiger partial charge in [-0.3, -0.25) is 0 Å². The minimum Gasteiger partial charge on any atom is -0.374 e. The summed E-state index contributed by atoms with van der Waals surface area (Å²) in [6, 6.07) is 41.8. The lowest BCUT2D eigenvalue weighted by atomic mass is 9.97. The van der Waals surface area contributed by atoms with Gasteiger partial charge in [-0.25, -0.2) is 0 Å². The van der Waals surface area contributed by atoms with Crippen molar-refractivity contribution in [1.82, 2.24) is 0 Å². The average Bonchev–Trinajstić information content (AvgIpc) is 3.07. The third-order valence-electron chi connectivity index (χ3n) is 7.97. The molecule has 5 atom stereocenters. The van der Waals surface area contributed by atoms with Gasteiger partial charge in [0.05, 0.1) is 33.0 Å². The van der Waals surface area contributed by atoms with Crippen molar-refractivity contribution in [3.05, 3.63) is 144 Å². The molecule has 4 aromatic carbocycles. The van der Waals surface area contributed by atoms with Crippen LogP contribution in [0.5, 0.6) is 0 Å². The molecule has 244 valence electrons. The number of hydrogen-bond acceptors (Lipinski definition) is 6. The molecule has 0 unspecified atom stereocenters. The smallest absolute Gasteiger partial charge is 0.186 e. The zero-order chi connectivity index (χ0) is 32.0. The SMILES string of the molecule is C[Si](C)(C)CCO[C@@H]1O[C@H](COCc2ccccc2)[C@@H](OCc2ccccc2)[C@H](OCc2ccccc2)[C@@H]1OCc1ccccc1. The molecule has 0 N–H and O–H groups in total. The zero-order valence-electron chi connectivity index (χ0n) is 27.3. The van der Waals surface area contributed by atoms with Crippen molar-refractivity contribution < 1.29 is 28.4 Å². The number of hydrogen-bond donors (Lipinski definition) is 0. The highest BCUT2D eigenvalue weighted by atomic mass is 28.3. The Morgan fingerprint density at radius 3 is 1.37 bits per heavy atom. The van der Waals surface area contributed by atoms with Gasteiger partial charge in [-0.2, -0.15) is 0 Å². The Morgan fingerprint density at radius 2 is 0.913 bits per heavy atom. The van der Waals surface area contributed by atoms with Crippen LogP contribution < -0.4 is 0 Å². The van der Waals surface area contributed by atoms with E-state index >= 15 is 0 Å². The molecule has 6 nitrogen and oxygen atoms in total. The van der Waals surface area contributed by atoms with Crippen LogP contribution in [0.2, 0.25) is 25.7 Å². The molecule has 1 saturated heterocycles. The lowest BCUT2D eigenvalue weighted by Crippen LogP contribution is -2.61. The van der Waals surface area contributed by atoms with E-state index in [1.54, 1.807) is 0 Å². The third-order valence-corrected chi connectivity index (χ3v) is 9.68. The molecule has 0 aliphatic carbocycles. The second kappa shape index (κ2) is 17.7. The molecule has 0 bridgehead atoms. The van der Waals surface area contributed by atoms with Crippen molar-refractivity contribution in [3.8, 4) is 0 Å². The van der Waals surface area contributed by atoms with Gasteiger partial charge in [0.25, 0.3) is 0 Å². The van der Waals surface area contributed by atoms with Crippen LogP contribution in [0.3, 0.4) is 0 Å². The Bertz CT molecular complexity index is 1380. The summed E-state index contributed by atoms with van der Waals surface area (Å²) >= 11 is 0. The fourth-order valence-electron chi connectivity index (χ4n) is 5.36. The van der Waals surface area contributed by atoms with Crippen molar-refractivity contribution >= 4 is 8.07 Å². The van der Waals surface area contributed by atoms with Gasteiger partial charge in [-0.05, 0) is 28.3 Å². The van der Waals surface area contributed by atoms with Crippen molar-refractivity contribution in [2.75, 3.05) is 13.2 Å². The first kappa shape index (κ1) is 34.2. The molecule has 1 fully saturated rings. The molecule has 0 amide bonds. The molecule has 0 radical (unpaired) electrons. The van der Waals surface area contributed by atoms with Gasteiger partial charge in [0.15, 0.2) is 6.29 Å². The van der Waals surface area contributed by atoms with Crippen molar-refractivity contribution in [1.29, 1.82) is 0 Å². The highest BCUT2D eigenvalue weighted by Gasteiger charge is 2.49. The second-order valence-electron chi connectivity index (χ2n) is 13.0. The molecule has 5 rings (SSSR count). The Labute approximate surface area is 275 Å². The first-order chi connectivity index (χ1) is 22.4. The zero-order valence-corrected chi connectivity index (χ0v) is 28.3. The maximum absolute atomic E-state index is 6.79. The van der Waals surface area contributed by atoms with Crippen LogP contribution in [0.4, 0.5) is 0 Å². The fourth-order valence-corrected chi connectivity index (χ4v) is 6.09. The van der Waals surface area contributed by atoms with E-state index in [-0.39, 0.29) is 0 Å². The van der Waals surface area contributed by atoms with E-state index in [1.165, 1.54) is 0 Å². The van der Waals surface area contributed by atoms with E-state index in [4.69, 9.17) is 28.4 Å². The maximum Gasteiger partial charge on any atom is 0.186 e. The summed E-state index contributed by atoms with van der Waals surface area (Å²) in [7, 11) is -1.35. The first-order valence-corrected chi connectivity index (χ1v) is 20.0. The van der Waals surface area contributed by atoms with Gasteiger partial charge in [-0.1, -0.05) is 141 Å². The van der Waals surface area contributed by atoms with Crippen LogP contribution >= 0.6 is 0 Å². The van der Waals surface area contributed by atoms with Crippen molar-refractivity contribution in [3.63, 3.8) is 0 Å². The monoisotopic (exact) mass is 640 g/mol. The minimum absolute atomic E-state index is 0.318. The average molecular weight is 641 g/mol. The Morgan fingerprint density at radius 1 is 0.500 bits per heavy atom. The summed E-state index contributed by atoms with van der Waals surface area (Å²) in [5, 5.41) is 0. The standard InChI is InChI=1S/C39H48O6Si/c1-46(2,3)25-24-41-39-38(44-29-34-22-14-7-15-23-34)37(43-28-33-20-12-6-13-21-33)36(42-27-32-18-10-5-11-19-32)35(45-39)30-40-26-31-16-8-4-9-17-31/h4-23,35-39H,24-30H2,1-3H3/t35-,36-,37+,38+,39-/m1/s1. The summed E-state index contributed by atoms with van der Waals surface area (Å²) in [6.07, 6.45) is -2.58. The van der Waals surface area contributed by atoms with Crippen molar-refractivity contribution in [2.45, 2.75) is 82.8 Å². The summed E-state index contributed by atoms with van der Waals surface area (Å²) in [4.78, 5) is 0. The molecule has 1 heterocycles. The Balaban J connectivity index is 1.43. The minimum atomic E-state index is -1.35. The van der Waals surface area contributed by atoms with Gasteiger partial charge in [-0.15, -0.1) is 0 Å². The van der Waals surface area contributed by atoms with Gasteiger partial charge in [0, 0.05) is 14.7 Å². The van der Waals surface area contributed by atoms with Gasteiger partial charge in [0.1, 0.15) is 24.4 Å². The topological polar surface area (TPSA) is 55.4 Å². The predicted molar refractivity (Wildman–Crippen MR) is 184 cm³/mol. The summed E-state index contributed by atoms with van der Waals surface area (Å²) < 4.78 is 39.8. The van der Waals surface area contributed by atoms with E-state index in [0.29, 0.717) is 39.6 Å². The number of benzene rings is 4. The molecule has 46 heavy (non-hydrogen) atoms. The van der Waals surface area contributed by atoms with Crippen LogP contribution in [0.1, 0.15) is 22.3 Å². The highest BCUT2D eigenvalue weighted by molar-refractivity contribution is 6.76. The van der Waals surface area contributed by atoms with Gasteiger partial charge >= 0.3 is 0 Å². The normalized spacial score (nSPS) is 21.7. The highest BCUT2D eigenvalue weighted by Crippen LogP contribution is 2.32. The lowest BCUT2D eigenvalue weighted by Gasteiger charge is -2.46. The largest absolute Gasteiger partial charge is 0.374 e. The quantitative estimate of drug-likeness (QED) is 0.109. The molecule has 0 aromatic heterocycles. The van der Waals surface area contributed by atoms with E-state index in [2.05, 4.69) is 68.2 Å². The van der Waals surface area contributed by atoms with Gasteiger partial charge in [0.2, 0.25) is 0 Å². The number of ether oxygens (including phenoxy) is 6. The third kappa shape index (κ3) is 11.0. The summed E-state index contributed by atoms with van der Waals surface area (Å²) in [5.74, 6) is 0. The maximum atomic E-state index is 6.79. The van der Waals surface area contributed by atoms with Crippen LogP contribution in [-0.4, -0.2) is 52.0 Å². The second-order valence-corrected chi connectivity index (χ2v) is 18.6. The first-order valence-electron chi connectivity index (χ1n) is 16.3. The molecule has 1 aliphatic rings. The molecule has 0 spiro atoms. The Kier molecular flexibility index (Phi) is 13.1.